The summed E-state index contributed by atoms with van der Waals surface area (Å²) in [7, 11) is 0. The Morgan fingerprint density at radius 3 is 2.75 bits per heavy atom. The quantitative estimate of drug-likeness (QED) is 0.772. The fourth-order valence-corrected chi connectivity index (χ4v) is 1.91. The first-order valence-corrected chi connectivity index (χ1v) is 5.61. The highest BCUT2D eigenvalue weighted by molar-refractivity contribution is 5.79. The van der Waals surface area contributed by atoms with E-state index in [1.54, 1.807) is 10.6 Å². The molecule has 0 amide bonds. The Labute approximate surface area is 94.7 Å². The Kier molecular flexibility index (Phi) is 2.77. The topological polar surface area (TPSA) is 34.9 Å². The van der Waals surface area contributed by atoms with E-state index < -0.39 is 0 Å². The summed E-state index contributed by atoms with van der Waals surface area (Å²) in [5.74, 6) is 0. The highest BCUT2D eigenvalue weighted by Gasteiger charge is 2.06. The molecule has 0 bridgehead atoms. The molecule has 2 rings (SSSR count). The number of hydrogen-bond acceptors (Lipinski definition) is 2. The Balaban J connectivity index is 2.84. The van der Waals surface area contributed by atoms with E-state index in [2.05, 4.69) is 18.8 Å². The molecule has 0 aliphatic carbocycles. The molecule has 0 radical (unpaired) electrons. The molecule has 0 unspecified atom stereocenters. The van der Waals surface area contributed by atoms with E-state index in [9.17, 15) is 4.79 Å². The molecule has 0 fully saturated rings. The van der Waals surface area contributed by atoms with E-state index in [0.29, 0.717) is 0 Å². The third kappa shape index (κ3) is 1.62. The van der Waals surface area contributed by atoms with Crippen molar-refractivity contribution in [1.29, 1.82) is 0 Å². The van der Waals surface area contributed by atoms with Crippen molar-refractivity contribution in [1.82, 2.24) is 9.55 Å². The summed E-state index contributed by atoms with van der Waals surface area (Å²) in [5, 5.41) is 1.08. The van der Waals surface area contributed by atoms with Gasteiger partial charge in [0.2, 0.25) is 0 Å². The lowest BCUT2D eigenvalue weighted by molar-refractivity contribution is 0.671. The smallest absolute Gasteiger partial charge is 0.252 e. The molecule has 0 aliphatic rings. The van der Waals surface area contributed by atoms with Crippen molar-refractivity contribution in [2.24, 2.45) is 0 Å². The zero-order valence-corrected chi connectivity index (χ0v) is 9.95. The number of hydrogen-bond donors (Lipinski definition) is 0. The zero-order chi connectivity index (χ0) is 11.7. The summed E-state index contributed by atoms with van der Waals surface area (Å²) in [5.41, 5.74) is 3.20. The minimum Gasteiger partial charge on any atom is -0.293 e. The van der Waals surface area contributed by atoms with Gasteiger partial charge in [0.15, 0.2) is 0 Å². The number of rotatable bonds is 2. The van der Waals surface area contributed by atoms with E-state index in [0.717, 1.165) is 29.6 Å². The summed E-state index contributed by atoms with van der Waals surface area (Å²) in [4.78, 5) is 16.1. The van der Waals surface area contributed by atoms with Crippen molar-refractivity contribution < 1.29 is 0 Å². The predicted octanol–water partition coefficient (Wildman–Crippen LogP) is 2.42. The molecule has 0 saturated carbocycles. The Morgan fingerprint density at radius 2 is 2.06 bits per heavy atom. The molecule has 2 heterocycles. The number of fused-ring (bicyclic) bond motifs is 1. The Morgan fingerprint density at radius 1 is 1.31 bits per heavy atom. The molecule has 3 nitrogen and oxygen atoms in total. The summed E-state index contributed by atoms with van der Waals surface area (Å²) < 4.78 is 1.75. The molecule has 0 atom stereocenters. The molecular weight excluding hydrogens is 200 g/mol. The van der Waals surface area contributed by atoms with Gasteiger partial charge in [-0.1, -0.05) is 6.92 Å². The second-order valence-electron chi connectivity index (χ2n) is 4.13. The number of aryl methyl sites for hydroxylation is 3. The minimum absolute atomic E-state index is 0.0325. The van der Waals surface area contributed by atoms with E-state index in [1.807, 2.05) is 19.2 Å². The second-order valence-corrected chi connectivity index (χ2v) is 4.13. The molecule has 0 saturated heterocycles. The Hall–Kier alpha value is -1.64. The van der Waals surface area contributed by atoms with Gasteiger partial charge in [-0.15, -0.1) is 0 Å². The highest BCUT2D eigenvalue weighted by Crippen LogP contribution is 2.17. The molecule has 2 aromatic rings. The molecule has 0 spiro atoms. The lowest BCUT2D eigenvalue weighted by Crippen LogP contribution is -2.20. The molecule has 0 aromatic carbocycles. The number of pyridine rings is 2. The summed E-state index contributed by atoms with van der Waals surface area (Å²) in [6.45, 7) is 6.90. The maximum atomic E-state index is 11.7. The van der Waals surface area contributed by atoms with Gasteiger partial charge in [-0.05, 0) is 37.5 Å². The molecule has 84 valence electrons. The van der Waals surface area contributed by atoms with Crippen LogP contribution in [0.1, 0.15) is 24.5 Å². The van der Waals surface area contributed by atoms with Gasteiger partial charge >= 0.3 is 0 Å². The van der Waals surface area contributed by atoms with E-state index in [1.165, 1.54) is 5.56 Å². The maximum Gasteiger partial charge on any atom is 0.252 e. The van der Waals surface area contributed by atoms with Crippen LogP contribution in [0, 0.1) is 13.8 Å². The maximum absolute atomic E-state index is 11.7. The van der Waals surface area contributed by atoms with Crippen LogP contribution < -0.4 is 5.56 Å². The largest absolute Gasteiger partial charge is 0.293 e. The second kappa shape index (κ2) is 4.08. The van der Waals surface area contributed by atoms with Gasteiger partial charge in [-0.3, -0.25) is 9.36 Å². The van der Waals surface area contributed by atoms with Crippen LogP contribution in [0.5, 0.6) is 0 Å². The van der Waals surface area contributed by atoms with Gasteiger partial charge in [-0.2, -0.15) is 0 Å². The van der Waals surface area contributed by atoms with Crippen LogP contribution in [0.4, 0.5) is 0 Å². The Bertz CT molecular complexity index is 584. The van der Waals surface area contributed by atoms with Gasteiger partial charge in [0.25, 0.3) is 5.56 Å². The highest BCUT2D eigenvalue weighted by atomic mass is 16.1. The lowest BCUT2D eigenvalue weighted by atomic mass is 10.1. The van der Waals surface area contributed by atoms with Crippen LogP contribution in [-0.2, 0) is 6.54 Å². The first-order chi connectivity index (χ1) is 7.65. The summed E-state index contributed by atoms with van der Waals surface area (Å²) in [6, 6.07) is 3.51. The third-order valence-electron chi connectivity index (χ3n) is 2.98. The standard InChI is InChI=1S/C13H16N2O/c1-4-7-15-12(16)6-5-11-10(3)9(2)8-14-13(11)15/h5-6,8H,4,7H2,1-3H3. The average molecular weight is 216 g/mol. The van der Waals surface area contributed by atoms with Crippen molar-refractivity contribution in [3.8, 4) is 0 Å². The van der Waals surface area contributed by atoms with Gasteiger partial charge in [-0.25, -0.2) is 4.98 Å². The predicted molar refractivity (Wildman–Crippen MR) is 65.8 cm³/mol. The van der Waals surface area contributed by atoms with Crippen LogP contribution in [-0.4, -0.2) is 9.55 Å². The van der Waals surface area contributed by atoms with Crippen molar-refractivity contribution in [3.05, 3.63) is 39.8 Å². The van der Waals surface area contributed by atoms with Crippen LogP contribution in [0.2, 0.25) is 0 Å². The van der Waals surface area contributed by atoms with Gasteiger partial charge < -0.3 is 0 Å². The summed E-state index contributed by atoms with van der Waals surface area (Å²) in [6.07, 6.45) is 2.77. The molecule has 2 aromatic heterocycles. The van der Waals surface area contributed by atoms with Gasteiger partial charge in [0.05, 0.1) is 0 Å². The van der Waals surface area contributed by atoms with Crippen LogP contribution in [0.25, 0.3) is 11.0 Å². The van der Waals surface area contributed by atoms with Crippen molar-refractivity contribution in [2.45, 2.75) is 33.7 Å². The van der Waals surface area contributed by atoms with E-state index in [4.69, 9.17) is 0 Å². The molecule has 3 heteroatoms. The normalized spacial score (nSPS) is 10.9. The molecule has 16 heavy (non-hydrogen) atoms. The van der Waals surface area contributed by atoms with E-state index in [-0.39, 0.29) is 5.56 Å². The number of aromatic nitrogens is 2. The first kappa shape index (κ1) is 10.9. The van der Waals surface area contributed by atoms with Crippen LogP contribution in [0.3, 0.4) is 0 Å². The third-order valence-corrected chi connectivity index (χ3v) is 2.98. The van der Waals surface area contributed by atoms with Crippen molar-refractivity contribution in [2.75, 3.05) is 0 Å². The van der Waals surface area contributed by atoms with Crippen LogP contribution >= 0.6 is 0 Å². The first-order valence-electron chi connectivity index (χ1n) is 5.61. The SMILES string of the molecule is CCCn1c(=O)ccc2c(C)c(C)cnc21. The zero-order valence-electron chi connectivity index (χ0n) is 9.95. The molecular formula is C13H16N2O. The summed E-state index contributed by atoms with van der Waals surface area (Å²) >= 11 is 0. The van der Waals surface area contributed by atoms with Crippen LogP contribution in [0.15, 0.2) is 23.1 Å². The fourth-order valence-electron chi connectivity index (χ4n) is 1.91. The van der Waals surface area contributed by atoms with Gasteiger partial charge in [0.1, 0.15) is 5.65 Å². The minimum atomic E-state index is 0.0325. The van der Waals surface area contributed by atoms with Gasteiger partial charge in [0, 0.05) is 24.2 Å². The van der Waals surface area contributed by atoms with Crippen molar-refractivity contribution in [3.63, 3.8) is 0 Å². The van der Waals surface area contributed by atoms with E-state index >= 15 is 0 Å². The molecule has 0 aliphatic heterocycles. The average Bonchev–Trinajstić information content (AvgIpc) is 2.27. The fraction of sp³-hybridized carbons (Fsp3) is 0.385. The van der Waals surface area contributed by atoms with Crippen molar-refractivity contribution >= 4 is 11.0 Å². The monoisotopic (exact) mass is 216 g/mol. The lowest BCUT2D eigenvalue weighted by Gasteiger charge is -2.10. The number of nitrogens with zero attached hydrogens (tertiary/aromatic N) is 2. The molecule has 0 N–H and O–H groups in total.